The second-order valence-electron chi connectivity index (χ2n) is 3.16. The second kappa shape index (κ2) is 5.03. The van der Waals surface area contributed by atoms with Crippen molar-refractivity contribution in [2.24, 2.45) is 5.73 Å². The van der Waals surface area contributed by atoms with Crippen LogP contribution in [-0.2, 0) is 0 Å². The number of benzene rings is 1. The predicted molar refractivity (Wildman–Crippen MR) is 63.0 cm³/mol. The number of alkyl halides is 3. The van der Waals surface area contributed by atoms with Gasteiger partial charge < -0.3 is 15.6 Å². The third-order valence-electron chi connectivity index (χ3n) is 2.08. The zero-order valence-corrected chi connectivity index (χ0v) is 11.6. The summed E-state index contributed by atoms with van der Waals surface area (Å²) in [6.45, 7) is 0. The average molecular weight is 379 g/mol. The summed E-state index contributed by atoms with van der Waals surface area (Å²) < 4.78 is 42.4. The molecule has 1 aromatic rings. The van der Waals surface area contributed by atoms with Crippen molar-refractivity contribution in [3.05, 3.63) is 20.6 Å². The summed E-state index contributed by atoms with van der Waals surface area (Å²) >= 11 is 5.90. The Labute approximate surface area is 112 Å². The minimum atomic E-state index is -4.58. The molecule has 96 valence electrons. The maximum Gasteiger partial charge on any atom is 0.407 e. The Balaban J connectivity index is 3.40. The summed E-state index contributed by atoms with van der Waals surface area (Å²) in [4.78, 5) is 0. The number of nitrogens with two attached hydrogens (primary N) is 1. The lowest BCUT2D eigenvalue weighted by Gasteiger charge is -2.19. The van der Waals surface area contributed by atoms with Gasteiger partial charge in [0, 0.05) is 4.47 Å². The van der Waals surface area contributed by atoms with Crippen molar-refractivity contribution in [2.45, 2.75) is 12.2 Å². The second-order valence-corrected chi connectivity index (χ2v) is 4.75. The molecule has 0 fully saturated rings. The highest BCUT2D eigenvalue weighted by Crippen LogP contribution is 2.45. The average Bonchev–Trinajstić information content (AvgIpc) is 2.24. The molecular weight excluding hydrogens is 371 g/mol. The lowest BCUT2D eigenvalue weighted by atomic mass is 10.1. The van der Waals surface area contributed by atoms with Crippen LogP contribution >= 0.6 is 31.9 Å². The summed E-state index contributed by atoms with van der Waals surface area (Å²) in [6, 6.07) is -1.12. The minimum Gasteiger partial charge on any atom is -0.503 e. The number of aromatic hydroxyl groups is 1. The molecule has 0 spiro atoms. The Bertz CT molecular complexity index is 437. The molecule has 0 aliphatic rings. The van der Waals surface area contributed by atoms with E-state index in [0.29, 0.717) is 0 Å². The Kier molecular flexibility index (Phi) is 4.32. The number of hydrogen-bond acceptors (Lipinski definition) is 3. The van der Waals surface area contributed by atoms with Crippen LogP contribution < -0.4 is 10.5 Å². The third-order valence-corrected chi connectivity index (χ3v) is 4.24. The van der Waals surface area contributed by atoms with E-state index in [1.54, 1.807) is 0 Å². The third kappa shape index (κ3) is 2.86. The molecule has 1 aromatic carbocycles. The van der Waals surface area contributed by atoms with Gasteiger partial charge >= 0.3 is 6.18 Å². The standard InChI is InChI=1S/C9H8Br2F3NO2/c1-17-4-2-3(8(15)9(12,13)14)5(10)6(11)7(4)16/h2,8,16H,15H2,1H3/t8-/m1/s1. The monoisotopic (exact) mass is 377 g/mol. The van der Waals surface area contributed by atoms with Gasteiger partial charge in [0.2, 0.25) is 0 Å². The summed E-state index contributed by atoms with van der Waals surface area (Å²) in [5.74, 6) is -0.382. The van der Waals surface area contributed by atoms with Gasteiger partial charge in [-0.25, -0.2) is 0 Å². The lowest BCUT2D eigenvalue weighted by Crippen LogP contribution is -2.28. The van der Waals surface area contributed by atoms with Crippen molar-refractivity contribution < 1.29 is 23.0 Å². The number of phenolic OH excluding ortho intramolecular Hbond substituents is 1. The maximum absolute atomic E-state index is 12.5. The van der Waals surface area contributed by atoms with Crippen molar-refractivity contribution in [2.75, 3.05) is 7.11 Å². The van der Waals surface area contributed by atoms with E-state index in [1.165, 1.54) is 7.11 Å². The summed E-state index contributed by atoms with van der Waals surface area (Å²) in [5, 5.41) is 9.56. The van der Waals surface area contributed by atoms with Crippen LogP contribution in [0.5, 0.6) is 11.5 Å². The first-order valence-corrected chi connectivity index (χ1v) is 5.85. The van der Waals surface area contributed by atoms with Crippen molar-refractivity contribution >= 4 is 31.9 Å². The lowest BCUT2D eigenvalue weighted by molar-refractivity contribution is -0.149. The summed E-state index contributed by atoms with van der Waals surface area (Å²) in [7, 11) is 1.23. The maximum atomic E-state index is 12.5. The first-order valence-electron chi connectivity index (χ1n) is 4.27. The Morgan fingerprint density at radius 3 is 2.29 bits per heavy atom. The van der Waals surface area contributed by atoms with Gasteiger partial charge in [0.25, 0.3) is 0 Å². The first kappa shape index (κ1) is 14.6. The van der Waals surface area contributed by atoms with Gasteiger partial charge in [-0.1, -0.05) is 0 Å². The fraction of sp³-hybridized carbons (Fsp3) is 0.333. The van der Waals surface area contributed by atoms with Crippen molar-refractivity contribution in [1.82, 2.24) is 0 Å². The van der Waals surface area contributed by atoms with E-state index in [9.17, 15) is 18.3 Å². The van der Waals surface area contributed by atoms with E-state index in [1.807, 2.05) is 0 Å². The molecule has 0 aromatic heterocycles. The summed E-state index contributed by atoms with van der Waals surface area (Å²) in [5.41, 5.74) is 4.88. The number of methoxy groups -OCH3 is 1. The molecule has 1 atom stereocenters. The molecule has 0 aliphatic heterocycles. The van der Waals surface area contributed by atoms with Gasteiger partial charge in [-0.15, -0.1) is 0 Å². The SMILES string of the molecule is COc1cc([C@@H](N)C(F)(F)F)c(Br)c(Br)c1O. The number of ether oxygens (including phenoxy) is 1. The van der Waals surface area contributed by atoms with Crippen molar-refractivity contribution in [3.8, 4) is 11.5 Å². The highest BCUT2D eigenvalue weighted by molar-refractivity contribution is 9.13. The van der Waals surface area contributed by atoms with Gasteiger partial charge in [-0.05, 0) is 43.5 Å². The van der Waals surface area contributed by atoms with E-state index in [2.05, 4.69) is 31.9 Å². The van der Waals surface area contributed by atoms with Crippen LogP contribution in [0.25, 0.3) is 0 Å². The number of hydrogen-bond donors (Lipinski definition) is 2. The van der Waals surface area contributed by atoms with Crippen LogP contribution in [0.2, 0.25) is 0 Å². The Morgan fingerprint density at radius 2 is 1.88 bits per heavy atom. The van der Waals surface area contributed by atoms with E-state index in [4.69, 9.17) is 10.5 Å². The Hall–Kier alpha value is -0.470. The molecule has 0 radical (unpaired) electrons. The fourth-order valence-electron chi connectivity index (χ4n) is 1.17. The van der Waals surface area contributed by atoms with E-state index < -0.39 is 12.2 Å². The molecule has 3 N–H and O–H groups in total. The van der Waals surface area contributed by atoms with E-state index >= 15 is 0 Å². The van der Waals surface area contributed by atoms with Crippen LogP contribution in [0.15, 0.2) is 15.0 Å². The molecule has 0 saturated carbocycles. The van der Waals surface area contributed by atoms with E-state index in [-0.39, 0.29) is 26.0 Å². The smallest absolute Gasteiger partial charge is 0.407 e. The first-order chi connectivity index (χ1) is 7.70. The highest BCUT2D eigenvalue weighted by Gasteiger charge is 2.39. The van der Waals surface area contributed by atoms with Gasteiger partial charge in [-0.3, -0.25) is 0 Å². The molecule has 0 unspecified atom stereocenters. The largest absolute Gasteiger partial charge is 0.503 e. The molecule has 3 nitrogen and oxygen atoms in total. The Morgan fingerprint density at radius 1 is 1.35 bits per heavy atom. The van der Waals surface area contributed by atoms with Gasteiger partial charge in [-0.2, -0.15) is 13.2 Å². The molecule has 1 rings (SSSR count). The minimum absolute atomic E-state index is 0.0422. The van der Waals surface area contributed by atoms with Crippen molar-refractivity contribution in [3.63, 3.8) is 0 Å². The summed E-state index contributed by atoms with van der Waals surface area (Å²) in [6.07, 6.45) is -4.58. The van der Waals surface area contributed by atoms with Crippen molar-refractivity contribution in [1.29, 1.82) is 0 Å². The molecule has 8 heteroatoms. The zero-order valence-electron chi connectivity index (χ0n) is 8.48. The van der Waals surface area contributed by atoms with Gasteiger partial charge in [0.05, 0.1) is 11.6 Å². The highest BCUT2D eigenvalue weighted by atomic mass is 79.9. The molecule has 0 bridgehead atoms. The fourth-order valence-corrected chi connectivity index (χ4v) is 2.14. The number of phenols is 1. The number of halogens is 5. The van der Waals surface area contributed by atoms with Crippen LogP contribution in [0.3, 0.4) is 0 Å². The van der Waals surface area contributed by atoms with Crippen LogP contribution in [0.1, 0.15) is 11.6 Å². The predicted octanol–water partition coefficient (Wildman–Crippen LogP) is 3.49. The van der Waals surface area contributed by atoms with Gasteiger partial charge in [0.15, 0.2) is 11.5 Å². The van der Waals surface area contributed by atoms with Crippen LogP contribution in [0, 0.1) is 0 Å². The molecule has 0 saturated heterocycles. The molecule has 0 heterocycles. The molecule has 17 heavy (non-hydrogen) atoms. The van der Waals surface area contributed by atoms with Crippen LogP contribution in [0.4, 0.5) is 13.2 Å². The molecule has 0 amide bonds. The topological polar surface area (TPSA) is 55.5 Å². The normalized spacial score (nSPS) is 13.6. The zero-order chi connectivity index (χ0) is 13.4. The quantitative estimate of drug-likeness (QED) is 0.828. The molecular formula is C9H8Br2F3NO2. The van der Waals surface area contributed by atoms with Crippen LogP contribution in [-0.4, -0.2) is 18.4 Å². The van der Waals surface area contributed by atoms with Gasteiger partial charge in [0.1, 0.15) is 6.04 Å². The number of rotatable bonds is 2. The van der Waals surface area contributed by atoms with E-state index in [0.717, 1.165) is 6.07 Å². The molecule has 0 aliphatic carbocycles.